The molecule has 0 heterocycles. The van der Waals surface area contributed by atoms with Gasteiger partial charge in [-0.1, -0.05) is 0 Å². The minimum atomic E-state index is -4.61. The van der Waals surface area contributed by atoms with E-state index in [9.17, 15) is 0 Å². The zero-order chi connectivity index (χ0) is 11.7. The van der Waals surface area contributed by atoms with E-state index >= 15 is 0 Å². The Morgan fingerprint density at radius 1 is 0.692 bits per heavy atom. The van der Waals surface area contributed by atoms with E-state index in [-0.39, 0.29) is 0 Å². The Balaban J connectivity index is -0.000000117. The second-order valence-electron chi connectivity index (χ2n) is 1.17. The van der Waals surface area contributed by atoms with Crippen molar-refractivity contribution in [2.24, 2.45) is 0 Å². The molecule has 0 spiro atoms. The van der Waals surface area contributed by atoms with Gasteiger partial charge < -0.3 is 39.6 Å². The van der Waals surface area contributed by atoms with Gasteiger partial charge in [-0.05, 0) is 0 Å². The molecule has 0 unspecified atom stereocenters. The van der Waals surface area contributed by atoms with Gasteiger partial charge in [-0.3, -0.25) is 0 Å². The molecule has 80 valence electrons. The summed E-state index contributed by atoms with van der Waals surface area (Å²) in [5.41, 5.74) is 0. The predicted octanol–water partition coefficient (Wildman–Crippen LogP) is -2.16. The molecule has 0 aliphatic heterocycles. The molecule has 0 rings (SSSR count). The molecule has 0 aliphatic carbocycles. The minimum absolute atomic E-state index is 1.83. The van der Waals surface area contributed by atoms with Crippen molar-refractivity contribution in [2.45, 2.75) is 0 Å². The van der Waals surface area contributed by atoms with Crippen LogP contribution in [0.5, 0.6) is 0 Å². The first-order valence-electron chi connectivity index (χ1n) is 2.20. The molecular formula is C2H8O10Si. The van der Waals surface area contributed by atoms with Gasteiger partial charge in [-0.2, -0.15) is 0 Å². The SMILES string of the molecule is O=C(O)O.O=C(O)O.O[Si](O)(O)O. The van der Waals surface area contributed by atoms with Crippen LogP contribution < -0.4 is 0 Å². The predicted molar refractivity (Wildman–Crippen MR) is 35.9 cm³/mol. The van der Waals surface area contributed by atoms with Gasteiger partial charge in [0.15, 0.2) is 0 Å². The van der Waals surface area contributed by atoms with Crippen molar-refractivity contribution in [3.63, 3.8) is 0 Å². The molecule has 0 aromatic carbocycles. The molecule has 0 bridgehead atoms. The van der Waals surface area contributed by atoms with Gasteiger partial charge in [0, 0.05) is 0 Å². The van der Waals surface area contributed by atoms with E-state index in [1.165, 1.54) is 0 Å². The van der Waals surface area contributed by atoms with Gasteiger partial charge in [0.25, 0.3) is 0 Å². The van der Waals surface area contributed by atoms with Crippen molar-refractivity contribution >= 4 is 21.4 Å². The number of hydrogen-bond acceptors (Lipinski definition) is 6. The summed E-state index contributed by atoms with van der Waals surface area (Å²) in [4.78, 5) is 46.4. The van der Waals surface area contributed by atoms with E-state index in [1.54, 1.807) is 0 Å². The van der Waals surface area contributed by atoms with Crippen LogP contribution >= 0.6 is 0 Å². The third-order valence-electron chi connectivity index (χ3n) is 0. The lowest BCUT2D eigenvalue weighted by molar-refractivity contribution is 0.117. The molecule has 13 heavy (non-hydrogen) atoms. The van der Waals surface area contributed by atoms with Crippen molar-refractivity contribution in [1.29, 1.82) is 0 Å². The van der Waals surface area contributed by atoms with Crippen LogP contribution in [0.1, 0.15) is 0 Å². The van der Waals surface area contributed by atoms with Gasteiger partial charge in [-0.25, -0.2) is 9.59 Å². The first-order valence-corrected chi connectivity index (χ1v) is 3.99. The second kappa shape index (κ2) is 8.69. The summed E-state index contributed by atoms with van der Waals surface area (Å²) in [6.07, 6.45) is -3.67. The van der Waals surface area contributed by atoms with Crippen LogP contribution in [-0.2, 0) is 0 Å². The summed E-state index contributed by atoms with van der Waals surface area (Å²) in [5, 5.41) is 27.9. The highest BCUT2D eigenvalue weighted by Crippen LogP contribution is 1.67. The number of hydrogen-bond donors (Lipinski definition) is 8. The Kier molecular flexibility index (Phi) is 11.8. The molecule has 0 fully saturated rings. The Morgan fingerprint density at radius 3 is 0.692 bits per heavy atom. The third-order valence-corrected chi connectivity index (χ3v) is 0. The highest BCUT2D eigenvalue weighted by atomic mass is 28.4. The van der Waals surface area contributed by atoms with E-state index in [0.717, 1.165) is 0 Å². The van der Waals surface area contributed by atoms with E-state index < -0.39 is 21.4 Å². The number of carbonyl (C=O) groups is 2. The maximum atomic E-state index is 8.56. The molecule has 0 saturated carbocycles. The fourth-order valence-corrected chi connectivity index (χ4v) is 0. The summed E-state index contributed by atoms with van der Waals surface area (Å²) in [5.74, 6) is 0. The Labute approximate surface area is 71.7 Å². The van der Waals surface area contributed by atoms with E-state index in [2.05, 4.69) is 0 Å². The van der Waals surface area contributed by atoms with E-state index in [4.69, 9.17) is 49.2 Å². The molecule has 0 aromatic rings. The van der Waals surface area contributed by atoms with Gasteiger partial charge in [0.05, 0.1) is 0 Å². The Bertz CT molecular complexity index is 119. The molecule has 10 nitrogen and oxygen atoms in total. The van der Waals surface area contributed by atoms with Crippen LogP contribution in [0.3, 0.4) is 0 Å². The molecule has 8 N–H and O–H groups in total. The van der Waals surface area contributed by atoms with Crippen LogP contribution in [0.2, 0.25) is 0 Å². The maximum absolute atomic E-state index is 8.56. The fourth-order valence-electron chi connectivity index (χ4n) is 0. The lowest BCUT2D eigenvalue weighted by Crippen LogP contribution is -2.33. The van der Waals surface area contributed by atoms with Gasteiger partial charge in [0.1, 0.15) is 0 Å². The zero-order valence-electron chi connectivity index (χ0n) is 5.89. The average Bonchev–Trinajstić information content (AvgIpc) is 1.50. The average molecular weight is 220 g/mol. The first kappa shape index (κ1) is 17.6. The molecular weight excluding hydrogens is 212 g/mol. The van der Waals surface area contributed by atoms with Crippen molar-refractivity contribution in [3.8, 4) is 0 Å². The summed E-state index contributed by atoms with van der Waals surface area (Å²) in [6.45, 7) is 0. The van der Waals surface area contributed by atoms with Gasteiger partial charge in [-0.15, -0.1) is 0 Å². The molecule has 11 heteroatoms. The van der Waals surface area contributed by atoms with Crippen molar-refractivity contribution in [1.82, 2.24) is 0 Å². The number of carboxylic acid groups (broad SMARTS) is 4. The van der Waals surface area contributed by atoms with Crippen LogP contribution in [0.15, 0.2) is 0 Å². The Hall–Kier alpha value is -1.40. The molecule has 0 amide bonds. The first-order chi connectivity index (χ1) is 5.46. The van der Waals surface area contributed by atoms with E-state index in [1.807, 2.05) is 0 Å². The minimum Gasteiger partial charge on any atom is -0.450 e. The fraction of sp³-hybridized carbons (Fsp3) is 0. The lowest BCUT2D eigenvalue weighted by Gasteiger charge is -1.91. The van der Waals surface area contributed by atoms with Crippen LogP contribution in [0, 0.1) is 0 Å². The molecule has 0 atom stereocenters. The van der Waals surface area contributed by atoms with Crippen LogP contribution in [0.25, 0.3) is 0 Å². The second-order valence-corrected chi connectivity index (χ2v) is 2.37. The van der Waals surface area contributed by atoms with Crippen molar-refractivity contribution < 1.29 is 49.2 Å². The summed E-state index contributed by atoms with van der Waals surface area (Å²) < 4.78 is 0. The van der Waals surface area contributed by atoms with E-state index in [0.29, 0.717) is 0 Å². The topological polar surface area (TPSA) is 196 Å². The highest BCUT2D eigenvalue weighted by Gasteiger charge is 2.22. The van der Waals surface area contributed by atoms with Gasteiger partial charge in [0.2, 0.25) is 0 Å². The van der Waals surface area contributed by atoms with Crippen LogP contribution in [0.4, 0.5) is 9.59 Å². The number of rotatable bonds is 0. The monoisotopic (exact) mass is 220 g/mol. The Morgan fingerprint density at radius 2 is 0.692 bits per heavy atom. The molecule has 0 saturated heterocycles. The molecule has 0 aliphatic rings. The zero-order valence-corrected chi connectivity index (χ0v) is 6.89. The largest absolute Gasteiger partial charge is 0.668 e. The quantitative estimate of drug-likeness (QED) is 0.208. The summed E-state index contributed by atoms with van der Waals surface area (Å²) in [7, 11) is -4.61. The maximum Gasteiger partial charge on any atom is 0.668 e. The van der Waals surface area contributed by atoms with Crippen molar-refractivity contribution in [3.05, 3.63) is 0 Å². The lowest BCUT2D eigenvalue weighted by atomic mass is 11.5. The molecule has 0 radical (unpaired) electrons. The smallest absolute Gasteiger partial charge is 0.450 e. The highest BCUT2D eigenvalue weighted by molar-refractivity contribution is 6.46. The third kappa shape index (κ3) is 398. The summed E-state index contributed by atoms with van der Waals surface area (Å²) in [6, 6.07) is 0. The summed E-state index contributed by atoms with van der Waals surface area (Å²) >= 11 is 0. The van der Waals surface area contributed by atoms with Crippen molar-refractivity contribution in [2.75, 3.05) is 0 Å². The van der Waals surface area contributed by atoms with Gasteiger partial charge >= 0.3 is 21.4 Å². The normalized spacial score (nSPS) is 8.31. The molecule has 0 aromatic heterocycles. The van der Waals surface area contributed by atoms with Crippen LogP contribution in [-0.4, -0.2) is 61.0 Å². The standard InChI is InChI=1S/2CH2O3.H4O4Si/c2*2-1(3)4;1-5(2,3)4/h2*(H2,2,3,4);1-4H.